The fourth-order valence-corrected chi connectivity index (χ4v) is 5.95. The number of aryl methyl sites for hydroxylation is 1. The van der Waals surface area contributed by atoms with Crippen LogP contribution in [0.15, 0.2) is 65.7 Å². The summed E-state index contributed by atoms with van der Waals surface area (Å²) in [5.41, 5.74) is 3.15. The summed E-state index contributed by atoms with van der Waals surface area (Å²) in [6, 6.07) is 12.1. The van der Waals surface area contributed by atoms with E-state index in [0.717, 1.165) is 22.5 Å². The predicted molar refractivity (Wildman–Crippen MR) is 203 cm³/mol. The van der Waals surface area contributed by atoms with Crippen molar-refractivity contribution in [3.05, 3.63) is 83.3 Å². The van der Waals surface area contributed by atoms with Crippen molar-refractivity contribution in [3.63, 3.8) is 0 Å². The number of nitrogens with zero attached hydrogens (tertiary/aromatic N) is 5. The maximum Gasteiger partial charge on any atom is 0.280 e. The van der Waals surface area contributed by atoms with Crippen LogP contribution in [0.1, 0.15) is 30.7 Å². The molecule has 3 aromatic rings. The lowest BCUT2D eigenvalue weighted by atomic mass is 8.50. The molecular weight excluding hydrogens is 574 g/mol. The van der Waals surface area contributed by atoms with Gasteiger partial charge in [-0.3, -0.25) is 9.69 Å². The fraction of sp³-hybridized carbons (Fsp3) is 0.269. The smallest absolute Gasteiger partial charge is 0.280 e. The summed E-state index contributed by atoms with van der Waals surface area (Å²) in [4.78, 5) is 26.3. The first-order valence-electron chi connectivity index (χ1n) is 15.2. The Balaban J connectivity index is 0.000000328. The SMILES string of the molecule is CCN1CC(C)(c2ccc(F)cc2)N2C(=O)/C(=C/c3ccc(-n4cnc(C)c4)c(OC)c3)N=C12.[B][B]B(B([B])[B])B(B([B])[B])B([B])[B]. The number of aromatic nitrogens is 2. The molecule has 5 rings (SSSR count). The maximum absolute atomic E-state index is 13.6. The highest BCUT2D eigenvalue weighted by molar-refractivity contribution is 8.07. The van der Waals surface area contributed by atoms with Gasteiger partial charge in [-0.15, -0.1) is 0 Å². The third-order valence-corrected chi connectivity index (χ3v) is 8.46. The van der Waals surface area contributed by atoms with Gasteiger partial charge in [0.05, 0.1) is 30.4 Å². The molecule has 2 aromatic carbocycles. The molecule has 213 valence electrons. The van der Waals surface area contributed by atoms with Crippen LogP contribution in [0.5, 0.6) is 5.75 Å². The molecule has 1 aromatic heterocycles. The molecule has 0 N–H and O–H groups in total. The maximum atomic E-state index is 13.6. The zero-order valence-electron chi connectivity index (χ0n) is 27.1. The number of halogens is 1. The van der Waals surface area contributed by atoms with Crippen molar-refractivity contribution in [3.8, 4) is 11.4 Å². The minimum atomic E-state index is -0.695. The Morgan fingerprint density at radius 3 is 2.21 bits per heavy atom. The van der Waals surface area contributed by atoms with Crippen molar-refractivity contribution in [1.82, 2.24) is 19.4 Å². The molecule has 1 fully saturated rings. The van der Waals surface area contributed by atoms with E-state index in [0.29, 0.717) is 30.5 Å². The number of guanidine groups is 1. The topological polar surface area (TPSA) is 63.0 Å². The number of amides is 1. The first-order valence-corrected chi connectivity index (χ1v) is 15.2. The zero-order chi connectivity index (χ0) is 34.6. The monoisotopic (exact) mass is 602 g/mol. The van der Waals surface area contributed by atoms with Crippen molar-refractivity contribution in [2.45, 2.75) is 26.3 Å². The average Bonchev–Trinajstić information content (AvgIpc) is 3.69. The molecule has 1 saturated heterocycles. The summed E-state index contributed by atoms with van der Waals surface area (Å²) < 4.78 is 21.1. The highest BCUT2D eigenvalue weighted by Crippen LogP contribution is 2.40. The van der Waals surface area contributed by atoms with E-state index in [2.05, 4.69) is 9.88 Å². The second kappa shape index (κ2) is 15.4. The number of carbonyl (C=O) groups excluding carboxylic acids is 1. The molecule has 0 spiro atoms. The quantitative estimate of drug-likeness (QED) is 0.226. The van der Waals surface area contributed by atoms with Gasteiger partial charge in [0.15, 0.2) is 0 Å². The lowest BCUT2D eigenvalue weighted by Gasteiger charge is -2.31. The first kappa shape index (κ1) is 36.7. The number of aliphatic imine (C=N–C) groups is 1. The lowest BCUT2D eigenvalue weighted by molar-refractivity contribution is -0.125. The van der Waals surface area contributed by atoms with Crippen LogP contribution in [0.4, 0.5) is 4.39 Å². The molecule has 47 heavy (non-hydrogen) atoms. The molecule has 0 aliphatic carbocycles. The Hall–Kier alpha value is -3.10. The van der Waals surface area contributed by atoms with Crippen molar-refractivity contribution < 1.29 is 13.9 Å². The van der Waals surface area contributed by atoms with Crippen LogP contribution in [-0.4, -0.2) is 145 Å². The molecular formula is C26H26B13FN5O2. The van der Waals surface area contributed by atoms with E-state index < -0.39 is 31.1 Å². The van der Waals surface area contributed by atoms with E-state index in [1.807, 2.05) is 49.7 Å². The van der Waals surface area contributed by atoms with Crippen LogP contribution in [0, 0.1) is 12.7 Å². The zero-order valence-corrected chi connectivity index (χ0v) is 27.1. The molecule has 0 bridgehead atoms. The van der Waals surface area contributed by atoms with Gasteiger partial charge in [0.2, 0.25) is 5.96 Å². The molecule has 7 nitrogen and oxygen atoms in total. The van der Waals surface area contributed by atoms with Crippen LogP contribution in [0.25, 0.3) is 11.8 Å². The molecule has 2 aliphatic rings. The Labute approximate surface area is 289 Å². The standard InChI is InChI=1S/C26H26FN5O2.B13/c1-5-30-15-26(3,19-7-9-20(27)10-8-19)32-24(33)21(29-25(30)32)12-18-6-11-22(23(13-18)34-4)31-14-17(2)28-16-31;1-8-12(9(2)3)13(10(4)5)11(6)7/h6-14,16H,5,15H2,1-4H3;/b21-12-;. The van der Waals surface area contributed by atoms with E-state index in [1.54, 1.807) is 36.5 Å². The molecule has 2 aliphatic heterocycles. The number of hydrogen-bond donors (Lipinski definition) is 0. The molecule has 1 unspecified atom stereocenters. The van der Waals surface area contributed by atoms with Gasteiger partial charge in [-0.1, -0.05) is 18.2 Å². The molecule has 1 amide bonds. The van der Waals surface area contributed by atoms with Gasteiger partial charge in [0.1, 0.15) is 17.3 Å². The number of methoxy groups -OCH3 is 1. The van der Waals surface area contributed by atoms with E-state index in [9.17, 15) is 9.18 Å². The number of benzene rings is 2. The Bertz CT molecular complexity index is 1620. The molecule has 1 atom stereocenters. The third kappa shape index (κ3) is 7.80. The number of likely N-dealkylation sites (N-methyl/N-ethyl adjacent to an activating group) is 1. The van der Waals surface area contributed by atoms with Crippen LogP contribution in [0.3, 0.4) is 0 Å². The number of carbonyl (C=O) groups is 1. The second-order valence-electron chi connectivity index (χ2n) is 11.8. The van der Waals surface area contributed by atoms with Gasteiger partial charge in [-0.05, 0) is 62.2 Å². The van der Waals surface area contributed by atoms with Gasteiger partial charge in [0, 0.05) is 112 Å². The summed E-state index contributed by atoms with van der Waals surface area (Å²) >= 11 is 0. The summed E-state index contributed by atoms with van der Waals surface area (Å²) in [6.45, 7) is 7.26. The number of fused-ring (bicyclic) bond motifs is 1. The Morgan fingerprint density at radius 1 is 1.06 bits per heavy atom. The number of hydrogen-bond acceptors (Lipinski definition) is 5. The van der Waals surface area contributed by atoms with Crippen LogP contribution >= 0.6 is 0 Å². The first-order chi connectivity index (χ1) is 22.2. The van der Waals surface area contributed by atoms with Crippen molar-refractivity contribution >= 4 is 111 Å². The highest BCUT2D eigenvalue weighted by Gasteiger charge is 2.52. The van der Waals surface area contributed by atoms with Crippen molar-refractivity contribution in [2.75, 3.05) is 20.2 Å². The summed E-state index contributed by atoms with van der Waals surface area (Å²) in [5.74, 6) is 0.814. The van der Waals surface area contributed by atoms with Crippen LogP contribution in [0.2, 0.25) is 0 Å². The molecule has 21 heteroatoms. The minimum absolute atomic E-state index is 0.175. The average molecular weight is 600 g/mol. The van der Waals surface area contributed by atoms with Crippen molar-refractivity contribution in [1.29, 1.82) is 0 Å². The summed E-state index contributed by atoms with van der Waals surface area (Å²) in [6.07, 6.45) is 2.56. The lowest BCUT2D eigenvalue weighted by Crippen LogP contribution is -2.69. The van der Waals surface area contributed by atoms with Gasteiger partial charge in [-0.2, -0.15) is 0 Å². The van der Waals surface area contributed by atoms with Gasteiger partial charge >= 0.3 is 0 Å². The van der Waals surface area contributed by atoms with Gasteiger partial charge in [0.25, 0.3) is 5.91 Å². The van der Waals surface area contributed by atoms with Gasteiger partial charge in [-0.25, -0.2) is 14.4 Å². The van der Waals surface area contributed by atoms with E-state index in [-0.39, 0.29) is 18.1 Å². The normalized spacial score (nSPS) is 17.4. The predicted octanol–water partition coefficient (Wildman–Crippen LogP) is -0.832. The second-order valence-corrected chi connectivity index (χ2v) is 11.8. The van der Waals surface area contributed by atoms with Crippen LogP contribution < -0.4 is 4.74 Å². The van der Waals surface area contributed by atoms with Crippen LogP contribution in [-0.2, 0) is 10.3 Å². The number of rotatable bonds is 10. The Kier molecular flexibility index (Phi) is 12.1. The largest absolute Gasteiger partial charge is 0.495 e. The van der Waals surface area contributed by atoms with E-state index in [4.69, 9.17) is 63.9 Å². The minimum Gasteiger partial charge on any atom is -0.495 e. The Morgan fingerprint density at radius 2 is 1.72 bits per heavy atom. The fourth-order valence-electron chi connectivity index (χ4n) is 5.95. The van der Waals surface area contributed by atoms with E-state index >= 15 is 0 Å². The van der Waals surface area contributed by atoms with E-state index in [1.165, 1.54) is 19.2 Å². The summed E-state index contributed by atoms with van der Waals surface area (Å²) in [5, 5.41) is 0. The molecule has 3 heterocycles. The third-order valence-electron chi connectivity index (χ3n) is 8.46. The number of ether oxygens (including phenoxy) is 1. The molecule has 0 saturated carbocycles. The molecule has 15 radical (unpaired) electrons. The van der Waals surface area contributed by atoms with Gasteiger partial charge < -0.3 is 14.2 Å². The highest BCUT2D eigenvalue weighted by atomic mass is 19.1. The number of imidazole rings is 1. The van der Waals surface area contributed by atoms with Crippen molar-refractivity contribution in [2.24, 2.45) is 4.99 Å². The summed E-state index contributed by atoms with van der Waals surface area (Å²) in [7, 11) is 41.2.